The predicted molar refractivity (Wildman–Crippen MR) is 89.3 cm³/mol. The molecule has 0 aliphatic heterocycles. The summed E-state index contributed by atoms with van der Waals surface area (Å²) < 4.78 is 0. The minimum absolute atomic E-state index is 0.0956. The number of amides is 1. The second kappa shape index (κ2) is 8.11. The average molecular weight is 318 g/mol. The smallest absolute Gasteiger partial charge is 0.320 e. The number of aryl methyl sites for hydroxylation is 2. The lowest BCUT2D eigenvalue weighted by Crippen LogP contribution is -2.42. The monoisotopic (exact) mass is 318 g/mol. The summed E-state index contributed by atoms with van der Waals surface area (Å²) in [6.07, 6.45) is 4.75. The number of carboxylic acid groups (broad SMARTS) is 1. The fourth-order valence-electron chi connectivity index (χ4n) is 3.06. The number of hydrogen-bond donors (Lipinski definition) is 2. The van der Waals surface area contributed by atoms with Crippen molar-refractivity contribution < 1.29 is 14.7 Å². The Morgan fingerprint density at radius 2 is 1.96 bits per heavy atom. The van der Waals surface area contributed by atoms with Crippen LogP contribution < -0.4 is 5.32 Å². The van der Waals surface area contributed by atoms with Gasteiger partial charge in [-0.05, 0) is 49.3 Å². The van der Waals surface area contributed by atoms with Crippen molar-refractivity contribution in [3.05, 3.63) is 34.9 Å². The highest BCUT2D eigenvalue weighted by molar-refractivity contribution is 5.73. The topological polar surface area (TPSA) is 69.6 Å². The molecule has 1 unspecified atom stereocenters. The number of hydrogen-bond acceptors (Lipinski definition) is 3. The van der Waals surface area contributed by atoms with Crippen LogP contribution >= 0.6 is 0 Å². The summed E-state index contributed by atoms with van der Waals surface area (Å²) in [4.78, 5) is 24.2. The highest BCUT2D eigenvalue weighted by Gasteiger charge is 2.21. The van der Waals surface area contributed by atoms with E-state index in [1.807, 2.05) is 4.90 Å². The van der Waals surface area contributed by atoms with Crippen LogP contribution in [0.15, 0.2) is 18.2 Å². The van der Waals surface area contributed by atoms with Gasteiger partial charge in [-0.1, -0.05) is 18.2 Å². The second-order valence-electron chi connectivity index (χ2n) is 6.28. The molecule has 0 fully saturated rings. The van der Waals surface area contributed by atoms with Crippen LogP contribution in [0.3, 0.4) is 0 Å². The first-order valence-corrected chi connectivity index (χ1v) is 8.29. The number of aliphatic carboxylic acids is 1. The molecule has 1 aliphatic carbocycles. The Kier molecular flexibility index (Phi) is 6.16. The van der Waals surface area contributed by atoms with Crippen LogP contribution in [0, 0.1) is 0 Å². The van der Waals surface area contributed by atoms with Crippen molar-refractivity contribution in [3.63, 3.8) is 0 Å². The number of carboxylic acids is 1. The van der Waals surface area contributed by atoms with Crippen LogP contribution in [0.25, 0.3) is 0 Å². The molecule has 0 radical (unpaired) electrons. The van der Waals surface area contributed by atoms with Gasteiger partial charge in [-0.25, -0.2) is 0 Å². The summed E-state index contributed by atoms with van der Waals surface area (Å²) in [6.45, 7) is 4.71. The zero-order valence-corrected chi connectivity index (χ0v) is 14.0. The van der Waals surface area contributed by atoms with Gasteiger partial charge in [-0.15, -0.1) is 0 Å². The Bertz CT molecular complexity index is 571. The molecule has 1 aliphatic rings. The predicted octanol–water partition coefficient (Wildman–Crippen LogP) is 1.98. The third kappa shape index (κ3) is 5.06. The van der Waals surface area contributed by atoms with Crippen molar-refractivity contribution in [1.29, 1.82) is 0 Å². The first kappa shape index (κ1) is 17.5. The number of nitrogens with zero attached hydrogens (tertiary/aromatic N) is 1. The quantitative estimate of drug-likeness (QED) is 0.806. The SMILES string of the molecule is CC(=O)NCCN(Cc1ccc2c(c1)CCCC2)C(C)C(=O)O. The standard InChI is InChI=1S/C18H26N2O3/c1-13(18(22)23)20(10-9-19-14(2)21)12-15-7-8-16-5-3-4-6-17(16)11-15/h7-8,11,13H,3-6,9-10,12H2,1-2H3,(H,19,21)(H,22,23). The molecule has 23 heavy (non-hydrogen) atoms. The summed E-state index contributed by atoms with van der Waals surface area (Å²) in [7, 11) is 0. The summed E-state index contributed by atoms with van der Waals surface area (Å²) in [5.74, 6) is -0.938. The minimum Gasteiger partial charge on any atom is -0.480 e. The molecular weight excluding hydrogens is 292 g/mol. The average Bonchev–Trinajstić information content (AvgIpc) is 2.52. The number of nitrogens with one attached hydrogen (secondary N) is 1. The van der Waals surface area contributed by atoms with Gasteiger partial charge in [0.05, 0.1) is 0 Å². The van der Waals surface area contributed by atoms with Crippen molar-refractivity contribution in [2.24, 2.45) is 0 Å². The van der Waals surface area contributed by atoms with E-state index in [1.54, 1.807) is 6.92 Å². The van der Waals surface area contributed by atoms with Gasteiger partial charge in [0, 0.05) is 26.6 Å². The summed E-state index contributed by atoms with van der Waals surface area (Å²) in [5.41, 5.74) is 3.97. The van der Waals surface area contributed by atoms with Gasteiger partial charge >= 0.3 is 5.97 Å². The van der Waals surface area contributed by atoms with E-state index >= 15 is 0 Å². The van der Waals surface area contributed by atoms with Gasteiger partial charge in [0.2, 0.25) is 5.91 Å². The Morgan fingerprint density at radius 3 is 2.61 bits per heavy atom. The van der Waals surface area contributed by atoms with E-state index in [1.165, 1.54) is 30.9 Å². The first-order chi connectivity index (χ1) is 11.0. The first-order valence-electron chi connectivity index (χ1n) is 8.29. The lowest BCUT2D eigenvalue weighted by molar-refractivity contribution is -0.142. The molecule has 0 saturated carbocycles. The Morgan fingerprint density at radius 1 is 1.26 bits per heavy atom. The van der Waals surface area contributed by atoms with E-state index in [2.05, 4.69) is 23.5 Å². The molecule has 0 saturated heterocycles. The zero-order valence-electron chi connectivity index (χ0n) is 14.0. The molecule has 0 spiro atoms. The summed E-state index contributed by atoms with van der Waals surface area (Å²) >= 11 is 0. The van der Waals surface area contributed by atoms with Gasteiger partial charge in [-0.2, -0.15) is 0 Å². The van der Waals surface area contributed by atoms with E-state index < -0.39 is 12.0 Å². The van der Waals surface area contributed by atoms with E-state index in [0.29, 0.717) is 19.6 Å². The summed E-state index contributed by atoms with van der Waals surface area (Å²) in [5, 5.41) is 12.0. The molecule has 1 aromatic rings. The maximum Gasteiger partial charge on any atom is 0.320 e. The lowest BCUT2D eigenvalue weighted by atomic mass is 9.90. The molecule has 0 bridgehead atoms. The van der Waals surface area contributed by atoms with E-state index in [0.717, 1.165) is 18.4 Å². The number of benzene rings is 1. The molecule has 1 atom stereocenters. The number of carbonyl (C=O) groups is 2. The molecule has 2 rings (SSSR count). The Labute approximate surface area is 137 Å². The molecule has 126 valence electrons. The molecular formula is C18H26N2O3. The normalized spacial score (nSPS) is 15.1. The highest BCUT2D eigenvalue weighted by atomic mass is 16.4. The van der Waals surface area contributed by atoms with Gasteiger partial charge in [0.1, 0.15) is 6.04 Å². The van der Waals surface area contributed by atoms with Gasteiger partial charge in [-0.3, -0.25) is 14.5 Å². The second-order valence-corrected chi connectivity index (χ2v) is 6.28. The van der Waals surface area contributed by atoms with Crippen LogP contribution in [0.4, 0.5) is 0 Å². The van der Waals surface area contributed by atoms with Crippen molar-refractivity contribution in [2.45, 2.75) is 52.1 Å². The number of carbonyl (C=O) groups excluding carboxylic acids is 1. The number of fused-ring (bicyclic) bond motifs is 1. The lowest BCUT2D eigenvalue weighted by Gasteiger charge is -2.27. The van der Waals surface area contributed by atoms with Gasteiger partial charge in [0.15, 0.2) is 0 Å². The third-order valence-corrected chi connectivity index (χ3v) is 4.48. The third-order valence-electron chi connectivity index (χ3n) is 4.48. The zero-order chi connectivity index (χ0) is 16.8. The highest BCUT2D eigenvalue weighted by Crippen LogP contribution is 2.23. The molecule has 2 N–H and O–H groups in total. The van der Waals surface area contributed by atoms with Gasteiger partial charge in [0.25, 0.3) is 0 Å². The van der Waals surface area contributed by atoms with Crippen molar-refractivity contribution in [1.82, 2.24) is 10.2 Å². The Hall–Kier alpha value is -1.88. The number of rotatable bonds is 7. The molecule has 5 heteroatoms. The van der Waals surface area contributed by atoms with Crippen LogP contribution in [0.2, 0.25) is 0 Å². The van der Waals surface area contributed by atoms with E-state index in [9.17, 15) is 14.7 Å². The van der Waals surface area contributed by atoms with Crippen LogP contribution in [0.1, 0.15) is 43.4 Å². The van der Waals surface area contributed by atoms with Gasteiger partial charge < -0.3 is 10.4 Å². The van der Waals surface area contributed by atoms with Crippen molar-refractivity contribution >= 4 is 11.9 Å². The maximum absolute atomic E-state index is 11.3. The summed E-state index contributed by atoms with van der Waals surface area (Å²) in [6, 6.07) is 5.92. The van der Waals surface area contributed by atoms with E-state index in [-0.39, 0.29) is 5.91 Å². The minimum atomic E-state index is -0.842. The largest absolute Gasteiger partial charge is 0.480 e. The van der Waals surface area contributed by atoms with Crippen LogP contribution in [0.5, 0.6) is 0 Å². The van der Waals surface area contributed by atoms with Crippen molar-refractivity contribution in [3.8, 4) is 0 Å². The molecule has 0 heterocycles. The Balaban J connectivity index is 2.06. The van der Waals surface area contributed by atoms with Crippen molar-refractivity contribution in [2.75, 3.05) is 13.1 Å². The molecule has 1 aromatic carbocycles. The molecule has 0 aromatic heterocycles. The maximum atomic E-state index is 11.3. The van der Waals surface area contributed by atoms with E-state index in [4.69, 9.17) is 0 Å². The van der Waals surface area contributed by atoms with Crippen LogP contribution in [-0.2, 0) is 29.0 Å². The fourth-order valence-corrected chi connectivity index (χ4v) is 3.06. The molecule has 5 nitrogen and oxygen atoms in total. The fraction of sp³-hybridized carbons (Fsp3) is 0.556. The molecule has 1 amide bonds. The van der Waals surface area contributed by atoms with Crippen LogP contribution in [-0.4, -0.2) is 41.0 Å².